The van der Waals surface area contributed by atoms with Crippen LogP contribution in [0.2, 0.25) is 0 Å². The number of amides is 1. The molecule has 1 N–H and O–H groups in total. The van der Waals surface area contributed by atoms with Crippen molar-refractivity contribution in [1.29, 1.82) is 0 Å². The van der Waals surface area contributed by atoms with Gasteiger partial charge in [-0.05, 0) is 17.7 Å². The molecule has 0 saturated carbocycles. The topological polar surface area (TPSA) is 53.2 Å². The molecule has 3 aromatic rings. The summed E-state index contributed by atoms with van der Waals surface area (Å²) < 4.78 is 0. The Balaban J connectivity index is 1.77. The Labute approximate surface area is 127 Å². The van der Waals surface area contributed by atoms with Gasteiger partial charge < -0.3 is 9.88 Å². The Bertz CT molecular complexity index is 929. The van der Waals surface area contributed by atoms with Crippen molar-refractivity contribution in [3.63, 3.8) is 0 Å². The number of carbonyl (C=O) groups excluding carboxylic acids is 1. The monoisotopic (exact) mass is 290 g/mol. The number of pyridine rings is 1. The van der Waals surface area contributed by atoms with Gasteiger partial charge in [-0.25, -0.2) is 0 Å². The number of aromatic amines is 1. The van der Waals surface area contributed by atoms with Crippen molar-refractivity contribution in [1.82, 2.24) is 9.88 Å². The molecule has 4 heteroatoms. The van der Waals surface area contributed by atoms with Crippen molar-refractivity contribution in [2.45, 2.75) is 13.1 Å². The Kier molecular flexibility index (Phi) is 2.82. The molecule has 1 amide bonds. The lowest BCUT2D eigenvalue weighted by Gasteiger charge is -2.14. The molecule has 22 heavy (non-hydrogen) atoms. The van der Waals surface area contributed by atoms with Gasteiger partial charge in [0.05, 0.1) is 12.2 Å². The van der Waals surface area contributed by atoms with E-state index >= 15 is 0 Å². The van der Waals surface area contributed by atoms with Gasteiger partial charge in [0.2, 0.25) is 5.43 Å². The van der Waals surface area contributed by atoms with Crippen molar-refractivity contribution in [2.75, 3.05) is 0 Å². The number of fused-ring (bicyclic) bond motifs is 2. The van der Waals surface area contributed by atoms with Gasteiger partial charge in [0.1, 0.15) is 5.56 Å². The number of aromatic nitrogens is 1. The molecule has 0 spiro atoms. The van der Waals surface area contributed by atoms with Gasteiger partial charge in [-0.3, -0.25) is 9.59 Å². The molecule has 1 aliphatic rings. The number of para-hydroxylation sites is 1. The zero-order valence-corrected chi connectivity index (χ0v) is 11.9. The molecular weight excluding hydrogens is 276 g/mol. The van der Waals surface area contributed by atoms with E-state index in [0.29, 0.717) is 24.2 Å². The first-order chi connectivity index (χ1) is 10.7. The fourth-order valence-electron chi connectivity index (χ4n) is 2.98. The fraction of sp³-hybridized carbons (Fsp3) is 0.111. The van der Waals surface area contributed by atoms with E-state index in [1.807, 2.05) is 48.5 Å². The maximum Gasteiger partial charge on any atom is 0.260 e. The van der Waals surface area contributed by atoms with Gasteiger partial charge in [-0.1, -0.05) is 42.5 Å². The predicted molar refractivity (Wildman–Crippen MR) is 84.6 cm³/mol. The van der Waals surface area contributed by atoms with Crippen molar-refractivity contribution in [3.8, 4) is 0 Å². The smallest absolute Gasteiger partial charge is 0.260 e. The third-order valence-electron chi connectivity index (χ3n) is 4.05. The maximum absolute atomic E-state index is 12.6. The minimum Gasteiger partial charge on any atom is -0.356 e. The molecule has 4 nitrogen and oxygen atoms in total. The first-order valence-corrected chi connectivity index (χ1v) is 7.21. The summed E-state index contributed by atoms with van der Waals surface area (Å²) in [5.74, 6) is -0.189. The number of hydrogen-bond acceptors (Lipinski definition) is 2. The van der Waals surface area contributed by atoms with Crippen molar-refractivity contribution < 1.29 is 4.79 Å². The fourth-order valence-corrected chi connectivity index (χ4v) is 2.98. The van der Waals surface area contributed by atoms with Crippen LogP contribution in [0.1, 0.15) is 21.6 Å². The summed E-state index contributed by atoms with van der Waals surface area (Å²) in [5.41, 5.74) is 2.66. The van der Waals surface area contributed by atoms with E-state index < -0.39 is 0 Å². The van der Waals surface area contributed by atoms with E-state index in [2.05, 4.69) is 4.98 Å². The van der Waals surface area contributed by atoms with E-state index in [4.69, 9.17) is 0 Å². The second-order valence-electron chi connectivity index (χ2n) is 5.50. The highest BCUT2D eigenvalue weighted by Gasteiger charge is 2.31. The highest BCUT2D eigenvalue weighted by atomic mass is 16.2. The van der Waals surface area contributed by atoms with Crippen LogP contribution >= 0.6 is 0 Å². The molecule has 0 bridgehead atoms. The van der Waals surface area contributed by atoms with Crippen LogP contribution in [0.25, 0.3) is 10.9 Å². The molecule has 1 aromatic heterocycles. The maximum atomic E-state index is 12.6. The number of rotatable bonds is 2. The average molecular weight is 290 g/mol. The first kappa shape index (κ1) is 12.8. The Hall–Kier alpha value is -2.88. The molecule has 4 rings (SSSR count). The van der Waals surface area contributed by atoms with Crippen LogP contribution in [0.3, 0.4) is 0 Å². The van der Waals surface area contributed by atoms with Crippen LogP contribution in [0.4, 0.5) is 0 Å². The molecule has 1 aliphatic heterocycles. The van der Waals surface area contributed by atoms with Crippen LogP contribution in [0, 0.1) is 0 Å². The first-order valence-electron chi connectivity index (χ1n) is 7.21. The molecule has 2 heterocycles. The molecule has 0 radical (unpaired) electrons. The number of nitrogens with zero attached hydrogens (tertiary/aromatic N) is 1. The zero-order chi connectivity index (χ0) is 15.1. The molecule has 0 atom stereocenters. The molecule has 0 aliphatic carbocycles. The summed E-state index contributed by atoms with van der Waals surface area (Å²) in [6, 6.07) is 17.1. The average Bonchev–Trinajstić information content (AvgIpc) is 2.85. The minimum atomic E-state index is -0.189. The third kappa shape index (κ3) is 1.92. The van der Waals surface area contributed by atoms with E-state index in [0.717, 1.165) is 11.1 Å². The third-order valence-corrected chi connectivity index (χ3v) is 4.05. The lowest BCUT2D eigenvalue weighted by atomic mass is 10.1. The van der Waals surface area contributed by atoms with Crippen LogP contribution in [-0.2, 0) is 13.1 Å². The zero-order valence-electron chi connectivity index (χ0n) is 11.9. The molecule has 2 aromatic carbocycles. The summed E-state index contributed by atoms with van der Waals surface area (Å²) in [7, 11) is 0. The van der Waals surface area contributed by atoms with Gasteiger partial charge in [-0.15, -0.1) is 0 Å². The van der Waals surface area contributed by atoms with Crippen LogP contribution in [0.15, 0.2) is 59.4 Å². The number of carbonyl (C=O) groups is 1. The molecular formula is C18H14N2O2. The summed E-state index contributed by atoms with van der Waals surface area (Å²) in [6.45, 7) is 0.959. The Morgan fingerprint density at radius 2 is 1.68 bits per heavy atom. The quantitative estimate of drug-likeness (QED) is 0.789. The summed E-state index contributed by atoms with van der Waals surface area (Å²) in [6.07, 6.45) is 0. The van der Waals surface area contributed by atoms with Gasteiger partial charge in [0.25, 0.3) is 5.91 Å². The standard InChI is InChI=1S/C18H14N2O2/c21-17-13-8-4-5-9-14(13)19-15-11-20(18(22)16(15)17)10-12-6-2-1-3-7-12/h1-9H,10-11H2,(H,19,21). The summed E-state index contributed by atoms with van der Waals surface area (Å²) >= 11 is 0. The van der Waals surface area contributed by atoms with Crippen LogP contribution in [0.5, 0.6) is 0 Å². The van der Waals surface area contributed by atoms with Gasteiger partial charge in [0.15, 0.2) is 0 Å². The normalized spacial score (nSPS) is 13.6. The van der Waals surface area contributed by atoms with Crippen molar-refractivity contribution in [2.24, 2.45) is 0 Å². The Morgan fingerprint density at radius 3 is 2.50 bits per heavy atom. The van der Waals surface area contributed by atoms with Crippen molar-refractivity contribution >= 4 is 16.8 Å². The SMILES string of the molecule is O=C1c2c([nH]c3ccccc3c2=O)CN1Cc1ccccc1. The number of hydrogen-bond donors (Lipinski definition) is 1. The van der Waals surface area contributed by atoms with E-state index in [9.17, 15) is 9.59 Å². The second-order valence-corrected chi connectivity index (χ2v) is 5.50. The summed E-state index contributed by atoms with van der Waals surface area (Å²) in [5, 5.41) is 0.566. The number of H-pyrrole nitrogens is 1. The lowest BCUT2D eigenvalue weighted by Crippen LogP contribution is -2.25. The van der Waals surface area contributed by atoms with Gasteiger partial charge in [0, 0.05) is 17.4 Å². The molecule has 0 fully saturated rings. The predicted octanol–water partition coefficient (Wildman–Crippen LogP) is 2.68. The van der Waals surface area contributed by atoms with Crippen LogP contribution < -0.4 is 5.43 Å². The number of benzene rings is 2. The molecule has 108 valence electrons. The molecule has 0 unspecified atom stereocenters. The highest BCUT2D eigenvalue weighted by Crippen LogP contribution is 2.22. The molecule has 0 saturated heterocycles. The van der Waals surface area contributed by atoms with Gasteiger partial charge >= 0.3 is 0 Å². The van der Waals surface area contributed by atoms with Crippen molar-refractivity contribution in [3.05, 3.63) is 81.6 Å². The van der Waals surface area contributed by atoms with E-state index in [1.165, 1.54) is 0 Å². The van der Waals surface area contributed by atoms with E-state index in [-0.39, 0.29) is 16.9 Å². The van der Waals surface area contributed by atoms with Crippen LogP contribution in [-0.4, -0.2) is 15.8 Å². The van der Waals surface area contributed by atoms with Gasteiger partial charge in [-0.2, -0.15) is 0 Å². The minimum absolute atomic E-state index is 0.176. The summed E-state index contributed by atoms with van der Waals surface area (Å²) in [4.78, 5) is 30.1. The second kappa shape index (κ2) is 4.84. The largest absolute Gasteiger partial charge is 0.356 e. The highest BCUT2D eigenvalue weighted by molar-refractivity contribution is 6.00. The lowest BCUT2D eigenvalue weighted by molar-refractivity contribution is 0.0765. The Morgan fingerprint density at radius 1 is 0.955 bits per heavy atom. The number of nitrogens with one attached hydrogen (secondary N) is 1. The van der Waals surface area contributed by atoms with E-state index in [1.54, 1.807) is 11.0 Å².